The molecular formula is C23H28O8. The third kappa shape index (κ3) is 5.52. The topological polar surface area (TPSA) is 115 Å². The highest BCUT2D eigenvalue weighted by molar-refractivity contribution is 5.66. The average Bonchev–Trinajstić information content (AvgIpc) is 2.74. The number of carbonyl (C=O) groups excluding carboxylic acids is 1. The number of phenolic OH excluding ortho intramolecular Hbond substituents is 3. The van der Waals surface area contributed by atoms with E-state index in [1.54, 1.807) is 18.2 Å². The van der Waals surface area contributed by atoms with Crippen LogP contribution >= 0.6 is 0 Å². The Bertz CT molecular complexity index is 926. The maximum absolute atomic E-state index is 11.5. The molecule has 0 radical (unpaired) electrons. The molecule has 2 aromatic carbocycles. The molecule has 8 nitrogen and oxygen atoms in total. The first-order valence-electron chi connectivity index (χ1n) is 10.1. The van der Waals surface area contributed by atoms with Crippen LogP contribution in [-0.4, -0.2) is 47.7 Å². The Morgan fingerprint density at radius 1 is 1.03 bits per heavy atom. The summed E-state index contributed by atoms with van der Waals surface area (Å²) < 4.78 is 22.0. The van der Waals surface area contributed by atoms with Crippen molar-refractivity contribution in [3.8, 4) is 28.7 Å². The number of aromatic hydroxyl groups is 3. The summed E-state index contributed by atoms with van der Waals surface area (Å²) in [6.45, 7) is 1.37. The van der Waals surface area contributed by atoms with Gasteiger partial charge in [-0.1, -0.05) is 6.07 Å². The Balaban J connectivity index is 1.77. The first-order valence-corrected chi connectivity index (χ1v) is 10.1. The average molecular weight is 432 g/mol. The second-order valence-corrected chi connectivity index (χ2v) is 7.59. The van der Waals surface area contributed by atoms with E-state index in [9.17, 15) is 20.1 Å². The van der Waals surface area contributed by atoms with Crippen molar-refractivity contribution in [2.45, 2.75) is 50.9 Å². The van der Waals surface area contributed by atoms with E-state index in [-0.39, 0.29) is 41.2 Å². The number of methoxy groups -OCH3 is 2. The lowest BCUT2D eigenvalue weighted by atomic mass is 9.93. The molecule has 0 aliphatic carbocycles. The highest BCUT2D eigenvalue weighted by Crippen LogP contribution is 2.42. The highest BCUT2D eigenvalue weighted by Gasteiger charge is 2.33. The van der Waals surface area contributed by atoms with Crippen molar-refractivity contribution in [2.24, 2.45) is 0 Å². The van der Waals surface area contributed by atoms with Crippen LogP contribution in [0.25, 0.3) is 0 Å². The molecule has 31 heavy (non-hydrogen) atoms. The predicted molar refractivity (Wildman–Crippen MR) is 112 cm³/mol. The zero-order valence-electron chi connectivity index (χ0n) is 17.8. The molecule has 0 unspecified atom stereocenters. The minimum absolute atomic E-state index is 0.0798. The van der Waals surface area contributed by atoms with Crippen molar-refractivity contribution in [1.82, 2.24) is 0 Å². The molecule has 0 amide bonds. The highest BCUT2D eigenvalue weighted by atomic mass is 16.6. The molecule has 3 rings (SSSR count). The van der Waals surface area contributed by atoms with Crippen LogP contribution < -0.4 is 9.47 Å². The summed E-state index contributed by atoms with van der Waals surface area (Å²) in [5, 5.41) is 29.7. The summed E-state index contributed by atoms with van der Waals surface area (Å²) >= 11 is 0. The van der Waals surface area contributed by atoms with E-state index >= 15 is 0 Å². The molecule has 0 spiro atoms. The molecule has 1 aliphatic heterocycles. The van der Waals surface area contributed by atoms with E-state index in [4.69, 9.17) is 18.9 Å². The van der Waals surface area contributed by atoms with Crippen molar-refractivity contribution in [3.05, 3.63) is 41.5 Å². The van der Waals surface area contributed by atoms with Crippen LogP contribution in [0, 0.1) is 0 Å². The third-order valence-electron chi connectivity index (χ3n) is 5.36. The van der Waals surface area contributed by atoms with Gasteiger partial charge >= 0.3 is 5.97 Å². The Hall–Kier alpha value is -3.13. The number of carbonyl (C=O) groups is 1. The number of hydrogen-bond acceptors (Lipinski definition) is 8. The molecule has 3 atom stereocenters. The van der Waals surface area contributed by atoms with Crippen LogP contribution in [0.1, 0.15) is 43.4 Å². The van der Waals surface area contributed by atoms with Crippen molar-refractivity contribution >= 4 is 5.97 Å². The van der Waals surface area contributed by atoms with Crippen molar-refractivity contribution in [2.75, 3.05) is 14.2 Å². The largest absolute Gasteiger partial charge is 0.504 e. The predicted octanol–water partition coefficient (Wildman–Crippen LogP) is 3.61. The molecule has 0 bridgehead atoms. The molecule has 8 heteroatoms. The Morgan fingerprint density at radius 2 is 1.77 bits per heavy atom. The van der Waals surface area contributed by atoms with Crippen LogP contribution in [0.2, 0.25) is 0 Å². The van der Waals surface area contributed by atoms with Gasteiger partial charge in [-0.3, -0.25) is 4.79 Å². The van der Waals surface area contributed by atoms with Gasteiger partial charge in [0.1, 0.15) is 6.10 Å². The number of benzene rings is 2. The van der Waals surface area contributed by atoms with Crippen LogP contribution in [-0.2, 0) is 20.7 Å². The number of rotatable bonds is 7. The van der Waals surface area contributed by atoms with Crippen LogP contribution in [0.5, 0.6) is 28.7 Å². The van der Waals surface area contributed by atoms with Crippen LogP contribution in [0.3, 0.4) is 0 Å². The SMILES string of the molecule is COc1cc(CC[C@H]2C[C@@H](OC(C)=O)C[C@@H](c3cc(O)c(O)c(OC)c3)O2)ccc1O. The third-order valence-corrected chi connectivity index (χ3v) is 5.36. The number of aryl methyl sites for hydroxylation is 1. The molecule has 0 aromatic heterocycles. The lowest BCUT2D eigenvalue weighted by Crippen LogP contribution is -2.34. The molecule has 1 fully saturated rings. The van der Waals surface area contributed by atoms with Crippen molar-refractivity contribution < 1.29 is 39.1 Å². The van der Waals surface area contributed by atoms with E-state index in [1.807, 2.05) is 6.07 Å². The monoisotopic (exact) mass is 432 g/mol. The van der Waals surface area contributed by atoms with Crippen molar-refractivity contribution in [1.29, 1.82) is 0 Å². The lowest BCUT2D eigenvalue weighted by molar-refractivity contribution is -0.160. The van der Waals surface area contributed by atoms with Crippen molar-refractivity contribution in [3.63, 3.8) is 0 Å². The van der Waals surface area contributed by atoms with Gasteiger partial charge in [-0.05, 0) is 48.2 Å². The summed E-state index contributed by atoms with van der Waals surface area (Å²) in [7, 11) is 2.90. The minimum Gasteiger partial charge on any atom is -0.504 e. The fraction of sp³-hybridized carbons (Fsp3) is 0.435. The van der Waals surface area contributed by atoms with Gasteiger partial charge in [0.15, 0.2) is 23.0 Å². The fourth-order valence-corrected chi connectivity index (χ4v) is 3.86. The van der Waals surface area contributed by atoms with Gasteiger partial charge in [0.2, 0.25) is 5.75 Å². The molecule has 1 heterocycles. The minimum atomic E-state index is -0.446. The zero-order chi connectivity index (χ0) is 22.5. The normalized spacial score (nSPS) is 20.8. The van der Waals surface area contributed by atoms with Gasteiger partial charge < -0.3 is 34.3 Å². The quantitative estimate of drug-likeness (QED) is 0.449. The molecule has 168 valence electrons. The number of ether oxygens (including phenoxy) is 4. The maximum Gasteiger partial charge on any atom is 0.302 e. The number of hydrogen-bond donors (Lipinski definition) is 3. The zero-order valence-corrected chi connectivity index (χ0v) is 17.8. The van der Waals surface area contributed by atoms with E-state index in [0.717, 1.165) is 5.56 Å². The molecule has 2 aromatic rings. The van der Waals surface area contributed by atoms with Gasteiger partial charge in [0.05, 0.1) is 26.4 Å². The summed E-state index contributed by atoms with van der Waals surface area (Å²) in [6.07, 6.45) is 1.32. The van der Waals surface area contributed by atoms with E-state index in [0.29, 0.717) is 37.0 Å². The van der Waals surface area contributed by atoms with Gasteiger partial charge in [-0.25, -0.2) is 0 Å². The first-order chi connectivity index (χ1) is 14.8. The summed E-state index contributed by atoms with van der Waals surface area (Å²) in [6, 6.07) is 8.23. The number of esters is 1. The Morgan fingerprint density at radius 3 is 2.45 bits per heavy atom. The van der Waals surface area contributed by atoms with E-state index in [2.05, 4.69) is 0 Å². The lowest BCUT2D eigenvalue weighted by Gasteiger charge is -2.35. The first kappa shape index (κ1) is 22.6. The smallest absolute Gasteiger partial charge is 0.302 e. The summed E-state index contributed by atoms with van der Waals surface area (Å²) in [4.78, 5) is 11.5. The molecule has 1 aliphatic rings. The Kier molecular flexibility index (Phi) is 7.12. The summed E-state index contributed by atoms with van der Waals surface area (Å²) in [5.41, 5.74) is 1.61. The number of phenols is 3. The van der Waals surface area contributed by atoms with Gasteiger partial charge in [0.25, 0.3) is 0 Å². The second kappa shape index (κ2) is 9.78. The standard InChI is InChI=1S/C23H28O8/c1-13(24)30-17-11-16(6-4-14-5-7-18(25)21(8-14)28-2)31-20(12-17)15-9-19(26)23(27)22(10-15)29-3/h5,7-10,16-17,20,25-27H,4,6,11-12H2,1-3H3/t16-,17+,20-/m0/s1. The molecular weight excluding hydrogens is 404 g/mol. The molecule has 1 saturated heterocycles. The van der Waals surface area contributed by atoms with Crippen LogP contribution in [0.15, 0.2) is 30.3 Å². The van der Waals surface area contributed by atoms with Gasteiger partial charge in [-0.2, -0.15) is 0 Å². The fourth-order valence-electron chi connectivity index (χ4n) is 3.86. The van der Waals surface area contributed by atoms with E-state index < -0.39 is 6.10 Å². The molecule has 0 saturated carbocycles. The molecule has 3 N–H and O–H groups in total. The van der Waals surface area contributed by atoms with Crippen LogP contribution in [0.4, 0.5) is 0 Å². The second-order valence-electron chi connectivity index (χ2n) is 7.59. The summed E-state index contributed by atoms with van der Waals surface area (Å²) in [5.74, 6) is -0.378. The Labute approximate surface area is 180 Å². The van der Waals surface area contributed by atoms with E-state index in [1.165, 1.54) is 27.2 Å². The van der Waals surface area contributed by atoms with Gasteiger partial charge in [-0.15, -0.1) is 0 Å². The van der Waals surface area contributed by atoms with Gasteiger partial charge in [0, 0.05) is 19.8 Å². The maximum atomic E-state index is 11.5.